The number of thiophene rings is 1. The summed E-state index contributed by atoms with van der Waals surface area (Å²) in [5, 5.41) is 4.03. The van der Waals surface area contributed by atoms with Gasteiger partial charge in [0.25, 0.3) is 0 Å². The quantitative estimate of drug-likeness (QED) is 0.761. The lowest BCUT2D eigenvalue weighted by Gasteiger charge is -2.03. The fourth-order valence-corrected chi connectivity index (χ4v) is 2.82. The third kappa shape index (κ3) is 3.23. The first-order valence-electron chi connectivity index (χ1n) is 5.16. The minimum atomic E-state index is -0.341. The first kappa shape index (κ1) is 12.5. The second-order valence-electron chi connectivity index (χ2n) is 3.68. The van der Waals surface area contributed by atoms with Crippen LogP contribution in [-0.2, 0) is 6.42 Å². The Balaban J connectivity index is 2.04. The maximum Gasteiger partial charge on any atom is 0.164 e. The summed E-state index contributed by atoms with van der Waals surface area (Å²) in [4.78, 5) is 11.9. The lowest BCUT2D eigenvalue weighted by Crippen LogP contribution is -2.02. The Bertz CT molecular complexity index is 522. The molecule has 0 saturated carbocycles. The van der Waals surface area contributed by atoms with Crippen LogP contribution in [0.3, 0.4) is 0 Å². The van der Waals surface area contributed by atoms with Crippen LogP contribution in [-0.4, -0.2) is 5.78 Å². The van der Waals surface area contributed by atoms with Crippen molar-refractivity contribution in [2.45, 2.75) is 12.8 Å². The summed E-state index contributed by atoms with van der Waals surface area (Å²) in [6.45, 7) is 0. The van der Waals surface area contributed by atoms with Crippen LogP contribution in [0.2, 0.25) is 0 Å². The molecule has 0 N–H and O–H groups in total. The number of ketones is 1. The number of Topliss-reactive ketones (excluding diaryl/α,β-unsaturated/α-hetero) is 1. The van der Waals surface area contributed by atoms with Crippen molar-refractivity contribution in [2.75, 3.05) is 0 Å². The molecule has 4 heteroatoms. The van der Waals surface area contributed by atoms with E-state index in [1.807, 2.05) is 16.8 Å². The van der Waals surface area contributed by atoms with Crippen LogP contribution < -0.4 is 0 Å². The average molecular weight is 313 g/mol. The number of aryl methyl sites for hydroxylation is 1. The van der Waals surface area contributed by atoms with E-state index in [1.54, 1.807) is 11.3 Å². The van der Waals surface area contributed by atoms with Gasteiger partial charge in [-0.25, -0.2) is 4.39 Å². The van der Waals surface area contributed by atoms with Crippen molar-refractivity contribution in [3.63, 3.8) is 0 Å². The summed E-state index contributed by atoms with van der Waals surface area (Å²) >= 11 is 4.83. The second kappa shape index (κ2) is 5.56. The van der Waals surface area contributed by atoms with Crippen molar-refractivity contribution in [3.8, 4) is 0 Å². The molecule has 0 unspecified atom stereocenters. The lowest BCUT2D eigenvalue weighted by atomic mass is 10.0. The van der Waals surface area contributed by atoms with Crippen molar-refractivity contribution < 1.29 is 9.18 Å². The zero-order chi connectivity index (χ0) is 12.3. The number of rotatable bonds is 4. The van der Waals surface area contributed by atoms with Crippen LogP contribution in [0.15, 0.2) is 39.5 Å². The molecule has 0 bridgehead atoms. The molecule has 1 nitrogen and oxygen atoms in total. The van der Waals surface area contributed by atoms with Crippen molar-refractivity contribution in [2.24, 2.45) is 0 Å². The van der Waals surface area contributed by atoms with E-state index < -0.39 is 0 Å². The summed E-state index contributed by atoms with van der Waals surface area (Å²) in [6, 6.07) is 6.16. The van der Waals surface area contributed by atoms with Gasteiger partial charge < -0.3 is 0 Å². The van der Waals surface area contributed by atoms with E-state index in [0.29, 0.717) is 16.5 Å². The molecule has 0 fully saturated rings. The van der Waals surface area contributed by atoms with Crippen LogP contribution in [0, 0.1) is 5.82 Å². The molecular weight excluding hydrogens is 303 g/mol. The summed E-state index contributed by atoms with van der Waals surface area (Å²) < 4.78 is 13.4. The molecule has 0 aliphatic rings. The van der Waals surface area contributed by atoms with Crippen molar-refractivity contribution in [3.05, 3.63) is 56.4 Å². The highest BCUT2D eigenvalue weighted by molar-refractivity contribution is 9.10. The van der Waals surface area contributed by atoms with E-state index in [2.05, 4.69) is 15.9 Å². The van der Waals surface area contributed by atoms with E-state index in [0.717, 1.165) is 6.42 Å². The number of halogens is 2. The fourth-order valence-electron chi connectivity index (χ4n) is 1.54. The van der Waals surface area contributed by atoms with Gasteiger partial charge in [0.05, 0.1) is 0 Å². The van der Waals surface area contributed by atoms with Gasteiger partial charge in [-0.1, -0.05) is 0 Å². The van der Waals surface area contributed by atoms with Gasteiger partial charge in [-0.3, -0.25) is 4.79 Å². The SMILES string of the molecule is O=C(CCc1ccsc1)c1ccc(F)cc1Br. The van der Waals surface area contributed by atoms with Gasteiger partial charge in [0, 0.05) is 16.5 Å². The normalized spacial score (nSPS) is 10.5. The molecule has 0 amide bonds. The maximum atomic E-state index is 12.9. The van der Waals surface area contributed by atoms with E-state index in [1.165, 1.54) is 23.8 Å². The highest BCUT2D eigenvalue weighted by Gasteiger charge is 2.10. The van der Waals surface area contributed by atoms with Gasteiger partial charge in [0.2, 0.25) is 0 Å². The summed E-state index contributed by atoms with van der Waals surface area (Å²) in [7, 11) is 0. The highest BCUT2D eigenvalue weighted by Crippen LogP contribution is 2.20. The zero-order valence-corrected chi connectivity index (χ0v) is 11.4. The third-order valence-electron chi connectivity index (χ3n) is 2.45. The first-order valence-corrected chi connectivity index (χ1v) is 6.90. The molecule has 0 atom stereocenters. The Labute approximate surface area is 111 Å². The van der Waals surface area contributed by atoms with E-state index >= 15 is 0 Å². The van der Waals surface area contributed by atoms with Gasteiger partial charge >= 0.3 is 0 Å². The molecule has 0 aliphatic heterocycles. The van der Waals surface area contributed by atoms with Crippen molar-refractivity contribution in [1.82, 2.24) is 0 Å². The Kier molecular flexibility index (Phi) is 4.07. The second-order valence-corrected chi connectivity index (χ2v) is 5.31. The topological polar surface area (TPSA) is 17.1 Å². The molecular formula is C13H10BrFOS. The number of hydrogen-bond donors (Lipinski definition) is 0. The number of carbonyl (C=O) groups excluding carboxylic acids is 1. The zero-order valence-electron chi connectivity index (χ0n) is 8.95. The standard InChI is InChI=1S/C13H10BrFOS/c14-12-7-10(15)2-3-11(12)13(16)4-1-9-5-6-17-8-9/h2-3,5-8H,1,4H2. The first-order chi connectivity index (χ1) is 8.16. The number of hydrogen-bond acceptors (Lipinski definition) is 2. The third-order valence-corrected chi connectivity index (χ3v) is 3.84. The molecule has 0 saturated heterocycles. The van der Waals surface area contributed by atoms with Gasteiger partial charge in [-0.2, -0.15) is 11.3 Å². The summed E-state index contributed by atoms with van der Waals surface area (Å²) in [5.74, 6) is -0.311. The summed E-state index contributed by atoms with van der Waals surface area (Å²) in [5.41, 5.74) is 1.71. The van der Waals surface area contributed by atoms with E-state index in [-0.39, 0.29) is 11.6 Å². The smallest absolute Gasteiger partial charge is 0.164 e. The lowest BCUT2D eigenvalue weighted by molar-refractivity contribution is 0.0982. The van der Waals surface area contributed by atoms with Crippen LogP contribution in [0.4, 0.5) is 4.39 Å². The molecule has 2 rings (SSSR count). The van der Waals surface area contributed by atoms with Crippen LogP contribution in [0.1, 0.15) is 22.3 Å². The molecule has 17 heavy (non-hydrogen) atoms. The Morgan fingerprint density at radius 1 is 1.35 bits per heavy atom. The fraction of sp³-hybridized carbons (Fsp3) is 0.154. The predicted molar refractivity (Wildman–Crippen MR) is 71.1 cm³/mol. The van der Waals surface area contributed by atoms with Gasteiger partial charge in [-0.15, -0.1) is 0 Å². The Hall–Kier alpha value is -1.00. The highest BCUT2D eigenvalue weighted by atomic mass is 79.9. The molecule has 2 aromatic rings. The molecule has 0 aliphatic carbocycles. The van der Waals surface area contributed by atoms with Gasteiger partial charge in [-0.05, 0) is 62.9 Å². The van der Waals surface area contributed by atoms with Crippen LogP contribution in [0.25, 0.3) is 0 Å². The van der Waals surface area contributed by atoms with Gasteiger partial charge in [0.15, 0.2) is 5.78 Å². The van der Waals surface area contributed by atoms with Crippen molar-refractivity contribution >= 4 is 33.0 Å². The summed E-state index contributed by atoms with van der Waals surface area (Å²) in [6.07, 6.45) is 1.17. The average Bonchev–Trinajstić information content (AvgIpc) is 2.78. The van der Waals surface area contributed by atoms with E-state index in [4.69, 9.17) is 0 Å². The Morgan fingerprint density at radius 3 is 2.82 bits per heavy atom. The monoisotopic (exact) mass is 312 g/mol. The largest absolute Gasteiger partial charge is 0.294 e. The minimum Gasteiger partial charge on any atom is -0.294 e. The molecule has 0 spiro atoms. The van der Waals surface area contributed by atoms with Crippen LogP contribution >= 0.6 is 27.3 Å². The number of benzene rings is 1. The minimum absolute atomic E-state index is 0.0306. The van der Waals surface area contributed by atoms with E-state index in [9.17, 15) is 9.18 Å². The number of carbonyl (C=O) groups is 1. The van der Waals surface area contributed by atoms with Crippen LogP contribution in [0.5, 0.6) is 0 Å². The molecule has 0 radical (unpaired) electrons. The molecule has 1 aromatic carbocycles. The predicted octanol–water partition coefficient (Wildman–Crippen LogP) is 4.47. The Morgan fingerprint density at radius 2 is 2.18 bits per heavy atom. The maximum absolute atomic E-state index is 12.9. The molecule has 1 aromatic heterocycles. The van der Waals surface area contributed by atoms with Crippen molar-refractivity contribution in [1.29, 1.82) is 0 Å². The van der Waals surface area contributed by atoms with Gasteiger partial charge in [0.1, 0.15) is 5.82 Å². The molecule has 88 valence electrons. The molecule has 1 heterocycles.